The lowest BCUT2D eigenvalue weighted by Gasteiger charge is -2.16. The maximum Gasteiger partial charge on any atom is 0.573 e. The minimum absolute atomic E-state index is 0.0439. The van der Waals surface area contributed by atoms with E-state index in [-0.39, 0.29) is 29.3 Å². The topological polar surface area (TPSA) is 55.1 Å². The van der Waals surface area contributed by atoms with E-state index in [2.05, 4.69) is 14.5 Å². The van der Waals surface area contributed by atoms with Gasteiger partial charge < -0.3 is 9.47 Å². The van der Waals surface area contributed by atoms with Gasteiger partial charge >= 0.3 is 6.36 Å². The summed E-state index contributed by atoms with van der Waals surface area (Å²) in [4.78, 5) is 3.65. The molecule has 0 saturated heterocycles. The van der Waals surface area contributed by atoms with Crippen LogP contribution in [0.1, 0.15) is 11.1 Å². The van der Waals surface area contributed by atoms with Crippen molar-refractivity contribution < 1.29 is 22.6 Å². The number of nitrogens with zero attached hydrogens (tertiary/aromatic N) is 2. The maximum absolute atomic E-state index is 12.3. The van der Waals surface area contributed by atoms with Gasteiger partial charge in [-0.2, -0.15) is 5.26 Å². The van der Waals surface area contributed by atoms with E-state index in [1.165, 1.54) is 6.20 Å². The van der Waals surface area contributed by atoms with E-state index in [0.29, 0.717) is 0 Å². The Morgan fingerprint density at radius 3 is 2.61 bits per heavy atom. The van der Waals surface area contributed by atoms with Gasteiger partial charge in [0.2, 0.25) is 0 Å². The average molecular weight is 281 g/mol. The lowest BCUT2D eigenvalue weighted by molar-refractivity contribution is -0.275. The van der Waals surface area contributed by atoms with Crippen LogP contribution in [-0.2, 0) is 12.3 Å². The normalized spacial score (nSPS) is 10.9. The van der Waals surface area contributed by atoms with Crippen LogP contribution in [0, 0.1) is 11.3 Å². The van der Waals surface area contributed by atoms with Crippen molar-refractivity contribution in [2.24, 2.45) is 0 Å². The van der Waals surface area contributed by atoms with Gasteiger partial charge in [-0.1, -0.05) is 0 Å². The van der Waals surface area contributed by atoms with E-state index in [1.54, 1.807) is 0 Å². The predicted molar refractivity (Wildman–Crippen MR) is 56.3 cm³/mol. The maximum atomic E-state index is 12.3. The zero-order valence-corrected chi connectivity index (χ0v) is 9.97. The van der Waals surface area contributed by atoms with E-state index < -0.39 is 12.1 Å². The molecule has 0 aliphatic rings. The second-order valence-corrected chi connectivity index (χ2v) is 3.38. The molecular weight excluding hydrogens is 273 g/mol. The molecule has 0 bridgehead atoms. The predicted octanol–water partition coefficient (Wildman–Crippen LogP) is 2.79. The van der Waals surface area contributed by atoms with Gasteiger partial charge in [-0.05, 0) is 5.56 Å². The summed E-state index contributed by atoms with van der Waals surface area (Å²) < 4.78 is 45.4. The minimum Gasteiger partial charge on any atom is -0.478 e. The van der Waals surface area contributed by atoms with E-state index >= 15 is 0 Å². The number of hydrogen-bond donors (Lipinski definition) is 0. The zero-order chi connectivity index (χ0) is 13.8. The van der Waals surface area contributed by atoms with Crippen LogP contribution in [0.2, 0.25) is 0 Å². The molecule has 1 aromatic heterocycles. The number of nitriles is 1. The number of ether oxygens (including phenoxy) is 2. The number of aromatic nitrogens is 1. The molecular formula is C10H8ClF3N2O2. The highest BCUT2D eigenvalue weighted by molar-refractivity contribution is 6.17. The molecule has 18 heavy (non-hydrogen) atoms. The van der Waals surface area contributed by atoms with Crippen LogP contribution in [0.5, 0.6) is 11.6 Å². The fourth-order valence-electron chi connectivity index (χ4n) is 1.30. The van der Waals surface area contributed by atoms with Crippen LogP contribution in [0.3, 0.4) is 0 Å². The van der Waals surface area contributed by atoms with Crippen LogP contribution in [0.15, 0.2) is 6.20 Å². The van der Waals surface area contributed by atoms with Crippen LogP contribution in [0.25, 0.3) is 0 Å². The van der Waals surface area contributed by atoms with Gasteiger partial charge in [0.25, 0.3) is 5.88 Å². The number of methoxy groups -OCH3 is 1. The van der Waals surface area contributed by atoms with Crippen molar-refractivity contribution >= 4 is 11.6 Å². The number of rotatable bonds is 4. The summed E-state index contributed by atoms with van der Waals surface area (Å²) in [5, 5.41) is 8.57. The molecule has 98 valence electrons. The molecule has 0 aliphatic carbocycles. The first-order valence-corrected chi connectivity index (χ1v) is 5.19. The van der Waals surface area contributed by atoms with Crippen LogP contribution < -0.4 is 9.47 Å². The summed E-state index contributed by atoms with van der Waals surface area (Å²) in [6, 6.07) is 1.81. The van der Waals surface area contributed by atoms with E-state index in [0.717, 1.165) is 7.11 Å². The Kier molecular flexibility index (Phi) is 4.62. The van der Waals surface area contributed by atoms with Crippen molar-refractivity contribution in [3.8, 4) is 17.7 Å². The van der Waals surface area contributed by atoms with E-state index in [4.69, 9.17) is 16.9 Å². The first kappa shape index (κ1) is 14.4. The number of pyridine rings is 1. The van der Waals surface area contributed by atoms with Crippen molar-refractivity contribution in [3.63, 3.8) is 0 Å². The molecule has 0 aromatic carbocycles. The van der Waals surface area contributed by atoms with Gasteiger partial charge in [-0.25, -0.2) is 4.98 Å². The van der Waals surface area contributed by atoms with Crippen molar-refractivity contribution in [2.45, 2.75) is 18.7 Å². The third-order valence-electron chi connectivity index (χ3n) is 2.01. The summed E-state index contributed by atoms with van der Waals surface area (Å²) >= 11 is 5.59. The molecule has 0 fully saturated rings. The molecule has 0 aliphatic heterocycles. The van der Waals surface area contributed by atoms with Crippen molar-refractivity contribution in [1.29, 1.82) is 5.26 Å². The van der Waals surface area contributed by atoms with Gasteiger partial charge in [-0.3, -0.25) is 0 Å². The van der Waals surface area contributed by atoms with E-state index in [9.17, 15) is 13.2 Å². The molecule has 1 aromatic rings. The quantitative estimate of drug-likeness (QED) is 0.796. The second kappa shape index (κ2) is 5.78. The summed E-state index contributed by atoms with van der Waals surface area (Å²) in [7, 11) is 1.16. The Hall–Kier alpha value is -1.68. The van der Waals surface area contributed by atoms with Gasteiger partial charge in [-0.15, -0.1) is 24.8 Å². The Morgan fingerprint density at radius 1 is 1.50 bits per heavy atom. The Labute approximate surface area is 106 Å². The molecule has 0 saturated carbocycles. The van der Waals surface area contributed by atoms with Gasteiger partial charge in [0, 0.05) is 11.8 Å². The van der Waals surface area contributed by atoms with E-state index in [1.807, 2.05) is 6.07 Å². The van der Waals surface area contributed by atoms with Crippen molar-refractivity contribution in [2.75, 3.05) is 7.11 Å². The molecule has 0 amide bonds. The third kappa shape index (κ3) is 3.40. The summed E-state index contributed by atoms with van der Waals surface area (Å²) in [5.74, 6) is -1.18. The molecule has 4 nitrogen and oxygen atoms in total. The fourth-order valence-corrected chi connectivity index (χ4v) is 1.59. The van der Waals surface area contributed by atoms with Crippen LogP contribution in [0.4, 0.5) is 13.2 Å². The van der Waals surface area contributed by atoms with Gasteiger partial charge in [0.1, 0.15) is 0 Å². The molecule has 0 radical (unpaired) electrons. The lowest BCUT2D eigenvalue weighted by atomic mass is 10.1. The molecule has 8 heteroatoms. The van der Waals surface area contributed by atoms with Crippen molar-refractivity contribution in [3.05, 3.63) is 17.3 Å². The summed E-state index contributed by atoms with van der Waals surface area (Å²) in [5.41, 5.74) is 0.315. The smallest absolute Gasteiger partial charge is 0.478 e. The standard InChI is InChI=1S/C10H8ClF3N2O2/c1-17-9-8(18-10(12,13)14)7(4-11)6(2-3-15)5-16-9/h5H,2,4H2,1H3. The molecule has 0 unspecified atom stereocenters. The minimum atomic E-state index is -4.89. The van der Waals surface area contributed by atoms with Gasteiger partial charge in [0.15, 0.2) is 5.75 Å². The second-order valence-electron chi connectivity index (χ2n) is 3.12. The zero-order valence-electron chi connectivity index (χ0n) is 9.21. The third-order valence-corrected chi connectivity index (χ3v) is 2.28. The average Bonchev–Trinajstić information content (AvgIpc) is 2.28. The van der Waals surface area contributed by atoms with Crippen molar-refractivity contribution in [1.82, 2.24) is 4.98 Å². The lowest BCUT2D eigenvalue weighted by Crippen LogP contribution is -2.19. The highest BCUT2D eigenvalue weighted by Crippen LogP contribution is 2.36. The molecule has 1 rings (SSSR count). The number of halogens is 4. The Morgan fingerprint density at radius 2 is 2.17 bits per heavy atom. The molecule has 0 atom stereocenters. The summed E-state index contributed by atoms with van der Waals surface area (Å²) in [6.45, 7) is 0. The highest BCUT2D eigenvalue weighted by Gasteiger charge is 2.34. The first-order valence-electron chi connectivity index (χ1n) is 4.66. The monoisotopic (exact) mass is 280 g/mol. The van der Waals surface area contributed by atoms with Gasteiger partial charge in [0.05, 0.1) is 25.5 Å². The highest BCUT2D eigenvalue weighted by atomic mass is 35.5. The first-order chi connectivity index (χ1) is 8.42. The number of hydrogen-bond acceptors (Lipinski definition) is 4. The van der Waals surface area contributed by atoms with Crippen LogP contribution >= 0.6 is 11.6 Å². The largest absolute Gasteiger partial charge is 0.573 e. The SMILES string of the molecule is COc1ncc(CC#N)c(CCl)c1OC(F)(F)F. The van der Waals surface area contributed by atoms with Crippen LogP contribution in [-0.4, -0.2) is 18.5 Å². The molecule has 1 heterocycles. The summed E-state index contributed by atoms with van der Waals surface area (Å²) in [6.07, 6.45) is -3.77. The number of alkyl halides is 4. The Bertz CT molecular complexity index is 471. The molecule has 0 spiro atoms. The Balaban J connectivity index is 3.33. The molecule has 0 N–H and O–H groups in total. The fraction of sp³-hybridized carbons (Fsp3) is 0.400.